The van der Waals surface area contributed by atoms with Crippen LogP contribution in [0.2, 0.25) is 0 Å². The Labute approximate surface area is 126 Å². The minimum absolute atomic E-state index is 0.480. The first kappa shape index (κ1) is 13.8. The Hall–Kier alpha value is -1.12. The molecule has 0 radical (unpaired) electrons. The molecule has 0 bridgehead atoms. The number of benzene rings is 1. The predicted octanol–water partition coefficient (Wildman–Crippen LogP) is 4.52. The smallest absolute Gasteiger partial charge is 0.0455 e. The van der Waals surface area contributed by atoms with Crippen LogP contribution < -0.4 is 5.32 Å². The third-order valence-corrected chi connectivity index (χ3v) is 5.38. The van der Waals surface area contributed by atoms with E-state index in [1.54, 1.807) is 10.4 Å². The molecule has 1 aliphatic rings. The molecule has 1 heterocycles. The molecule has 1 N–H and O–H groups in total. The number of hydrogen-bond acceptors (Lipinski definition) is 2. The maximum atomic E-state index is 3.73. The third-order valence-electron chi connectivity index (χ3n) is 4.03. The molecule has 106 valence electrons. The van der Waals surface area contributed by atoms with Crippen molar-refractivity contribution in [1.29, 1.82) is 0 Å². The minimum atomic E-state index is 0.480. The molecule has 1 unspecified atom stereocenters. The third kappa shape index (κ3) is 3.13. The molecule has 0 aliphatic heterocycles. The molecular weight excluding hydrogens is 262 g/mol. The molecule has 1 aromatic heterocycles. The van der Waals surface area contributed by atoms with E-state index < -0.39 is 0 Å². The van der Waals surface area contributed by atoms with E-state index in [4.69, 9.17) is 0 Å². The molecular formula is C18H23NS. The normalized spacial score (nSPS) is 15.2. The lowest BCUT2D eigenvalue weighted by Crippen LogP contribution is -2.23. The fourth-order valence-corrected chi connectivity index (χ4v) is 4.30. The highest BCUT2D eigenvalue weighted by Gasteiger charge is 2.20. The van der Waals surface area contributed by atoms with Crippen LogP contribution in [-0.2, 0) is 19.3 Å². The zero-order valence-electron chi connectivity index (χ0n) is 12.2. The fraction of sp³-hybridized carbons (Fsp3) is 0.444. The van der Waals surface area contributed by atoms with E-state index in [-0.39, 0.29) is 0 Å². The Kier molecular flexibility index (Phi) is 4.54. The van der Waals surface area contributed by atoms with E-state index >= 15 is 0 Å². The molecule has 1 nitrogen and oxygen atoms in total. The van der Waals surface area contributed by atoms with Crippen molar-refractivity contribution in [2.75, 3.05) is 6.54 Å². The number of rotatable bonds is 6. The number of hydrogen-bond donors (Lipinski definition) is 1. The highest BCUT2D eigenvalue weighted by atomic mass is 32.1. The summed E-state index contributed by atoms with van der Waals surface area (Å²) in [6.07, 6.45) is 6.23. The van der Waals surface area contributed by atoms with E-state index in [1.165, 1.54) is 36.1 Å². The highest BCUT2D eigenvalue weighted by molar-refractivity contribution is 7.12. The Balaban J connectivity index is 1.78. The molecule has 0 saturated carbocycles. The topological polar surface area (TPSA) is 12.0 Å². The van der Waals surface area contributed by atoms with Crippen LogP contribution in [0.4, 0.5) is 0 Å². The summed E-state index contributed by atoms with van der Waals surface area (Å²) in [5.74, 6) is 0. The van der Waals surface area contributed by atoms with Gasteiger partial charge < -0.3 is 5.32 Å². The summed E-state index contributed by atoms with van der Waals surface area (Å²) in [5, 5.41) is 3.73. The van der Waals surface area contributed by atoms with E-state index in [2.05, 4.69) is 48.6 Å². The van der Waals surface area contributed by atoms with Gasteiger partial charge in [-0.15, -0.1) is 11.3 Å². The summed E-state index contributed by atoms with van der Waals surface area (Å²) in [6.45, 7) is 3.33. The lowest BCUT2D eigenvalue weighted by molar-refractivity contribution is 0.536. The van der Waals surface area contributed by atoms with Gasteiger partial charge in [-0.3, -0.25) is 0 Å². The first-order valence-electron chi connectivity index (χ1n) is 7.75. The maximum Gasteiger partial charge on any atom is 0.0455 e. The Morgan fingerprint density at radius 1 is 1.20 bits per heavy atom. The predicted molar refractivity (Wildman–Crippen MR) is 87.5 cm³/mol. The Morgan fingerprint density at radius 3 is 2.80 bits per heavy atom. The van der Waals surface area contributed by atoms with Gasteiger partial charge in [0, 0.05) is 15.8 Å². The largest absolute Gasteiger partial charge is 0.309 e. The van der Waals surface area contributed by atoms with Gasteiger partial charge in [0.15, 0.2) is 0 Å². The van der Waals surface area contributed by atoms with Crippen molar-refractivity contribution in [2.45, 2.75) is 45.1 Å². The van der Waals surface area contributed by atoms with Crippen LogP contribution in [-0.4, -0.2) is 6.54 Å². The van der Waals surface area contributed by atoms with Gasteiger partial charge in [-0.2, -0.15) is 0 Å². The van der Waals surface area contributed by atoms with E-state index in [9.17, 15) is 0 Å². The average Bonchev–Trinajstić information content (AvgIpc) is 3.05. The molecule has 2 heteroatoms. The SMILES string of the molecule is CCCNC(Cc1ccccc1)c1cc2c(s1)CCC2. The van der Waals surface area contributed by atoms with Gasteiger partial charge in [0.05, 0.1) is 0 Å². The van der Waals surface area contributed by atoms with Gasteiger partial charge in [0.1, 0.15) is 0 Å². The average molecular weight is 285 g/mol. The lowest BCUT2D eigenvalue weighted by Gasteiger charge is -2.17. The number of nitrogens with one attached hydrogen (secondary N) is 1. The van der Waals surface area contributed by atoms with Crippen LogP contribution in [0.5, 0.6) is 0 Å². The molecule has 0 saturated heterocycles. The summed E-state index contributed by atoms with van der Waals surface area (Å²) in [5.41, 5.74) is 3.04. The van der Waals surface area contributed by atoms with Gasteiger partial charge in [-0.05, 0) is 55.8 Å². The van der Waals surface area contributed by atoms with Crippen molar-refractivity contribution in [1.82, 2.24) is 5.32 Å². The van der Waals surface area contributed by atoms with Crippen LogP contribution in [0, 0.1) is 0 Å². The van der Waals surface area contributed by atoms with Crippen LogP contribution in [0.1, 0.15) is 46.7 Å². The first-order chi connectivity index (χ1) is 9.86. The summed E-state index contributed by atoms with van der Waals surface area (Å²) in [6, 6.07) is 13.8. The van der Waals surface area contributed by atoms with Gasteiger partial charge in [-0.1, -0.05) is 37.3 Å². The second kappa shape index (κ2) is 6.55. The zero-order chi connectivity index (χ0) is 13.8. The minimum Gasteiger partial charge on any atom is -0.309 e. The quantitative estimate of drug-likeness (QED) is 0.823. The van der Waals surface area contributed by atoms with Gasteiger partial charge in [-0.25, -0.2) is 0 Å². The van der Waals surface area contributed by atoms with E-state index in [0.717, 1.165) is 13.0 Å². The molecule has 0 fully saturated rings. The maximum absolute atomic E-state index is 3.73. The van der Waals surface area contributed by atoms with Gasteiger partial charge >= 0.3 is 0 Å². The van der Waals surface area contributed by atoms with Gasteiger partial charge in [0.2, 0.25) is 0 Å². The van der Waals surface area contributed by atoms with Crippen LogP contribution in [0.15, 0.2) is 36.4 Å². The summed E-state index contributed by atoms with van der Waals surface area (Å²) in [7, 11) is 0. The van der Waals surface area contributed by atoms with Crippen molar-refractivity contribution < 1.29 is 0 Å². The molecule has 1 atom stereocenters. The second-order valence-electron chi connectivity index (χ2n) is 5.65. The number of thiophene rings is 1. The lowest BCUT2D eigenvalue weighted by atomic mass is 10.0. The van der Waals surface area contributed by atoms with Gasteiger partial charge in [0.25, 0.3) is 0 Å². The number of fused-ring (bicyclic) bond motifs is 1. The summed E-state index contributed by atoms with van der Waals surface area (Å²) >= 11 is 2.04. The second-order valence-corrected chi connectivity index (χ2v) is 6.82. The van der Waals surface area contributed by atoms with Crippen LogP contribution >= 0.6 is 11.3 Å². The zero-order valence-corrected chi connectivity index (χ0v) is 13.0. The van der Waals surface area contributed by atoms with E-state index in [1.807, 2.05) is 11.3 Å². The molecule has 0 spiro atoms. The summed E-state index contributed by atoms with van der Waals surface area (Å²) < 4.78 is 0. The molecule has 0 amide bonds. The Morgan fingerprint density at radius 2 is 2.05 bits per heavy atom. The molecule has 1 aromatic carbocycles. The Bertz CT molecular complexity index is 522. The highest BCUT2D eigenvalue weighted by Crippen LogP contribution is 2.34. The first-order valence-corrected chi connectivity index (χ1v) is 8.57. The van der Waals surface area contributed by atoms with Crippen molar-refractivity contribution in [3.8, 4) is 0 Å². The standard InChI is InChI=1S/C18H23NS/c1-2-11-19-16(12-14-7-4-3-5-8-14)18-13-15-9-6-10-17(15)20-18/h3-5,7-8,13,16,19H,2,6,9-12H2,1H3. The fourth-order valence-electron chi connectivity index (χ4n) is 2.97. The van der Waals surface area contributed by atoms with Crippen LogP contribution in [0.25, 0.3) is 0 Å². The molecule has 20 heavy (non-hydrogen) atoms. The number of aryl methyl sites for hydroxylation is 2. The summed E-state index contributed by atoms with van der Waals surface area (Å²) in [4.78, 5) is 3.17. The van der Waals surface area contributed by atoms with Crippen molar-refractivity contribution >= 4 is 11.3 Å². The van der Waals surface area contributed by atoms with Crippen molar-refractivity contribution in [3.05, 3.63) is 57.3 Å². The molecule has 2 aromatic rings. The van der Waals surface area contributed by atoms with Crippen molar-refractivity contribution in [2.24, 2.45) is 0 Å². The van der Waals surface area contributed by atoms with Crippen molar-refractivity contribution in [3.63, 3.8) is 0 Å². The van der Waals surface area contributed by atoms with E-state index in [0.29, 0.717) is 6.04 Å². The monoisotopic (exact) mass is 285 g/mol. The molecule has 1 aliphatic carbocycles. The van der Waals surface area contributed by atoms with Crippen LogP contribution in [0.3, 0.4) is 0 Å². The molecule has 3 rings (SSSR count).